The van der Waals surface area contributed by atoms with Gasteiger partial charge in [-0.15, -0.1) is 0 Å². The van der Waals surface area contributed by atoms with Gasteiger partial charge in [-0.05, 0) is 21.7 Å². The minimum atomic E-state index is -0.443. The van der Waals surface area contributed by atoms with E-state index < -0.39 is 24.4 Å². The van der Waals surface area contributed by atoms with E-state index in [1.807, 2.05) is 83.1 Å². The monoisotopic (exact) mass is 584 g/mol. The van der Waals surface area contributed by atoms with Gasteiger partial charge in [-0.25, -0.2) is 0 Å². The molecule has 4 nitrogen and oxygen atoms in total. The molecule has 0 aromatic heterocycles. The zero-order chi connectivity index (χ0) is 21.7. The third-order valence-corrected chi connectivity index (χ3v) is 4.89. The molecule has 4 atom stereocenters. The Kier molecular flexibility index (Phi) is 14.2. The average Bonchev–Trinajstić information content (AvgIpc) is 2.34. The molecule has 27 heavy (non-hydrogen) atoms. The normalized spacial score (nSPS) is 17.8. The van der Waals surface area contributed by atoms with Crippen LogP contribution in [0, 0.1) is 21.7 Å². The van der Waals surface area contributed by atoms with Gasteiger partial charge >= 0.3 is 0 Å². The minimum Gasteiger partial charge on any atom is -0.392 e. The molecule has 4 N–H and O–H groups in total. The molecule has 0 spiro atoms. The van der Waals surface area contributed by atoms with Gasteiger partial charge in [0.25, 0.3) is 0 Å². The first-order valence-electron chi connectivity index (χ1n) is 9.82. The van der Waals surface area contributed by atoms with Crippen molar-refractivity contribution in [2.75, 3.05) is 0 Å². The van der Waals surface area contributed by atoms with Gasteiger partial charge in [0.15, 0.2) is 0 Å². The Hall–Kier alpha value is 0.762. The molecule has 0 bridgehead atoms. The molecule has 0 aromatic rings. The number of hydrogen-bond donors (Lipinski definition) is 4. The first-order valence-corrected chi connectivity index (χ1v) is 9.82. The van der Waals surface area contributed by atoms with Gasteiger partial charge in [-0.1, -0.05) is 83.1 Å². The maximum Gasteiger partial charge on any atom is 0.0613 e. The quantitative estimate of drug-likeness (QED) is 0.378. The smallest absolute Gasteiger partial charge is 0.0613 e. The molecule has 0 aliphatic carbocycles. The van der Waals surface area contributed by atoms with Crippen molar-refractivity contribution in [2.45, 2.75) is 120 Å². The molecule has 0 aliphatic heterocycles. The topological polar surface area (TPSA) is 80.9 Å². The maximum atomic E-state index is 9.76. The molecule has 0 aromatic carbocycles. The Bertz CT molecular complexity index is 309. The molecule has 0 heterocycles. The van der Waals surface area contributed by atoms with Gasteiger partial charge in [-0.3, -0.25) is 0 Å². The van der Waals surface area contributed by atoms with E-state index in [9.17, 15) is 20.4 Å². The molecule has 4 radical (unpaired) electrons. The number of aliphatic hydroxyl groups is 4. The van der Waals surface area contributed by atoms with E-state index in [-0.39, 0.29) is 49.0 Å². The summed E-state index contributed by atoms with van der Waals surface area (Å²) in [5.41, 5.74) is -0.586. The first kappa shape index (κ1) is 32.4. The molecule has 4 unspecified atom stereocenters. The predicted octanol–water partition coefficient (Wildman–Crippen LogP) is 4.00. The number of aliphatic hydroxyl groups excluding tert-OH is 4. The van der Waals surface area contributed by atoms with Gasteiger partial charge in [0.2, 0.25) is 0 Å². The van der Waals surface area contributed by atoms with E-state index in [4.69, 9.17) is 0 Å². The van der Waals surface area contributed by atoms with Gasteiger partial charge in [-0.2, -0.15) is 0 Å². The zero-order valence-corrected chi connectivity index (χ0v) is 23.9. The van der Waals surface area contributed by atoms with Crippen LogP contribution < -0.4 is 0 Å². The van der Waals surface area contributed by atoms with Crippen LogP contribution in [0.1, 0.15) is 95.9 Å². The zero-order valence-electron chi connectivity index (χ0n) is 20.0. The molecular weight excluding hydrogens is 535 g/mol. The van der Waals surface area contributed by atoms with Crippen LogP contribution in [0.2, 0.25) is 0 Å². The number of hydrogen-bond acceptors (Lipinski definition) is 4. The fraction of sp³-hybridized carbons (Fsp3) is 1.00. The van der Waals surface area contributed by atoms with Crippen molar-refractivity contribution in [2.24, 2.45) is 21.7 Å². The summed E-state index contributed by atoms with van der Waals surface area (Å²) in [5.74, 6) is 0. The van der Waals surface area contributed by atoms with Gasteiger partial charge < -0.3 is 20.4 Å². The Morgan fingerprint density at radius 1 is 0.407 bits per heavy atom. The fourth-order valence-electron chi connectivity index (χ4n) is 1.84. The summed E-state index contributed by atoms with van der Waals surface area (Å²) in [7, 11) is 0. The van der Waals surface area contributed by atoms with Crippen LogP contribution >= 0.6 is 0 Å². The molecule has 164 valence electrons. The van der Waals surface area contributed by atoms with Crippen LogP contribution in [-0.2, 0) is 0 Å². The molecule has 0 saturated heterocycles. The average molecular weight is 584 g/mol. The van der Waals surface area contributed by atoms with Crippen LogP contribution in [0.15, 0.2) is 0 Å². The summed E-state index contributed by atoms with van der Waals surface area (Å²) in [4.78, 5) is 0. The van der Waals surface area contributed by atoms with E-state index in [1.165, 1.54) is 0 Å². The molecule has 5 heteroatoms. The predicted molar refractivity (Wildman–Crippen MR) is 117 cm³/mol. The number of rotatable bonds is 4. The van der Waals surface area contributed by atoms with Crippen molar-refractivity contribution in [3.8, 4) is 0 Å². The molecular formula is C22H48O4Pb. The van der Waals surface area contributed by atoms with Crippen molar-refractivity contribution in [3.05, 3.63) is 0 Å². The summed E-state index contributed by atoms with van der Waals surface area (Å²) >= 11 is 0. The fourth-order valence-corrected chi connectivity index (χ4v) is 1.84. The third kappa shape index (κ3) is 15.3. The molecule has 0 fully saturated rings. The second kappa shape index (κ2) is 11.8. The van der Waals surface area contributed by atoms with E-state index in [0.717, 1.165) is 0 Å². The Morgan fingerprint density at radius 3 is 0.593 bits per heavy atom. The van der Waals surface area contributed by atoms with Crippen molar-refractivity contribution in [3.63, 3.8) is 0 Å². The summed E-state index contributed by atoms with van der Waals surface area (Å²) in [6.07, 6.45) is -0.869. The van der Waals surface area contributed by atoms with E-state index in [0.29, 0.717) is 12.8 Å². The van der Waals surface area contributed by atoms with Crippen LogP contribution in [0.5, 0.6) is 0 Å². The molecule has 0 rings (SSSR count). The second-order valence-corrected chi connectivity index (χ2v) is 12.0. The van der Waals surface area contributed by atoms with E-state index in [2.05, 4.69) is 0 Å². The van der Waals surface area contributed by atoms with Gasteiger partial charge in [0.05, 0.1) is 24.4 Å². The molecule has 0 aliphatic rings. The SMILES string of the molecule is CC(C)(C)C(O)CC(O)C(C)(C)C.CC(C)(C)C(O)CC(O)C(C)(C)C.[Pb]. The van der Waals surface area contributed by atoms with E-state index in [1.54, 1.807) is 0 Å². The minimum absolute atomic E-state index is 0. The Balaban J connectivity index is -0.000000411. The van der Waals surface area contributed by atoms with Gasteiger partial charge in [0, 0.05) is 40.1 Å². The molecule has 0 saturated carbocycles. The first-order chi connectivity index (χ1) is 11.1. The standard InChI is InChI=1S/2C11H24O2.Pb/c2*1-10(2,3)8(12)7-9(13)11(4,5)6;/h2*8-9,12-13H,7H2,1-6H3;. The van der Waals surface area contributed by atoms with E-state index >= 15 is 0 Å². The Labute approximate surface area is 189 Å². The molecule has 0 amide bonds. The van der Waals surface area contributed by atoms with Crippen molar-refractivity contribution in [1.29, 1.82) is 0 Å². The van der Waals surface area contributed by atoms with Gasteiger partial charge in [0.1, 0.15) is 0 Å². The maximum absolute atomic E-state index is 9.76. The summed E-state index contributed by atoms with van der Waals surface area (Å²) in [6.45, 7) is 23.8. The van der Waals surface area contributed by atoms with Crippen LogP contribution in [0.3, 0.4) is 0 Å². The summed E-state index contributed by atoms with van der Waals surface area (Å²) in [5, 5.41) is 39.0. The van der Waals surface area contributed by atoms with Crippen LogP contribution in [-0.4, -0.2) is 72.1 Å². The van der Waals surface area contributed by atoms with Crippen molar-refractivity contribution < 1.29 is 20.4 Å². The van der Waals surface area contributed by atoms with Crippen molar-refractivity contribution in [1.82, 2.24) is 0 Å². The Morgan fingerprint density at radius 2 is 0.519 bits per heavy atom. The second-order valence-electron chi connectivity index (χ2n) is 12.0. The third-order valence-electron chi connectivity index (χ3n) is 4.89. The summed E-state index contributed by atoms with van der Waals surface area (Å²) in [6, 6.07) is 0. The van der Waals surface area contributed by atoms with Crippen LogP contribution in [0.25, 0.3) is 0 Å². The largest absolute Gasteiger partial charge is 0.392 e. The van der Waals surface area contributed by atoms with Crippen molar-refractivity contribution >= 4 is 27.3 Å². The van der Waals surface area contributed by atoms with Crippen LogP contribution in [0.4, 0.5) is 0 Å². The summed E-state index contributed by atoms with van der Waals surface area (Å²) < 4.78 is 0.